The van der Waals surface area contributed by atoms with E-state index in [2.05, 4.69) is 65.5 Å². The summed E-state index contributed by atoms with van der Waals surface area (Å²) in [5.41, 5.74) is 3.77. The zero-order valence-corrected chi connectivity index (χ0v) is 19.9. The Kier molecular flexibility index (Phi) is 7.51. The van der Waals surface area contributed by atoms with E-state index in [0.717, 1.165) is 17.1 Å². The van der Waals surface area contributed by atoms with E-state index >= 15 is 0 Å². The lowest BCUT2D eigenvalue weighted by Crippen LogP contribution is -2.35. The fourth-order valence-electron chi connectivity index (χ4n) is 6.32. The van der Waals surface area contributed by atoms with Crippen LogP contribution in [-0.4, -0.2) is 22.4 Å². The van der Waals surface area contributed by atoms with Gasteiger partial charge in [0.15, 0.2) is 0 Å². The van der Waals surface area contributed by atoms with Crippen LogP contribution in [0.25, 0.3) is 0 Å². The standard InChI is InChI=1S/C28H44O2/c1-18(2)19(3)9-10-20(4)25-13-14-26-22(8-7-15-28(25,26)6)11-12-23-16-24(29)17-27(30)21(23)5/h9-12,18-20,24-27,29-30H,5,7-8,13-17H2,1-4,6H3/t19-,20+,24-,25+,26-,27-,28+/m0/s1. The average molecular weight is 413 g/mol. The summed E-state index contributed by atoms with van der Waals surface area (Å²) < 4.78 is 0. The van der Waals surface area contributed by atoms with Gasteiger partial charge in [-0.2, -0.15) is 0 Å². The van der Waals surface area contributed by atoms with Crippen molar-refractivity contribution in [3.05, 3.63) is 47.6 Å². The van der Waals surface area contributed by atoms with Crippen molar-refractivity contribution in [1.82, 2.24) is 0 Å². The molecular weight excluding hydrogens is 368 g/mol. The molecule has 30 heavy (non-hydrogen) atoms. The van der Waals surface area contributed by atoms with E-state index in [1.807, 2.05) is 0 Å². The second kappa shape index (κ2) is 9.57. The van der Waals surface area contributed by atoms with Crippen molar-refractivity contribution in [3.8, 4) is 0 Å². The first-order valence-corrected chi connectivity index (χ1v) is 12.3. The minimum atomic E-state index is -0.605. The van der Waals surface area contributed by atoms with Gasteiger partial charge in [0, 0.05) is 6.42 Å². The van der Waals surface area contributed by atoms with Gasteiger partial charge in [-0.25, -0.2) is 0 Å². The summed E-state index contributed by atoms with van der Waals surface area (Å²) in [5.74, 6) is 3.38. The first-order valence-electron chi connectivity index (χ1n) is 12.3. The topological polar surface area (TPSA) is 40.5 Å². The summed E-state index contributed by atoms with van der Waals surface area (Å²) in [4.78, 5) is 0. The van der Waals surface area contributed by atoms with E-state index in [0.29, 0.717) is 41.9 Å². The van der Waals surface area contributed by atoms with Crippen molar-refractivity contribution >= 4 is 0 Å². The number of fused-ring (bicyclic) bond motifs is 1. The second-order valence-electron chi connectivity index (χ2n) is 11.0. The third-order valence-corrected chi connectivity index (χ3v) is 8.71. The van der Waals surface area contributed by atoms with Crippen LogP contribution < -0.4 is 0 Å². The summed E-state index contributed by atoms with van der Waals surface area (Å²) in [6.45, 7) is 16.0. The molecule has 0 aromatic carbocycles. The normalized spacial score (nSPS) is 39.8. The monoisotopic (exact) mass is 412 g/mol. The lowest BCUT2D eigenvalue weighted by atomic mass is 9.61. The second-order valence-corrected chi connectivity index (χ2v) is 11.0. The minimum Gasteiger partial charge on any atom is -0.393 e. The Bertz CT molecular complexity index is 712. The van der Waals surface area contributed by atoms with E-state index in [4.69, 9.17) is 0 Å². The van der Waals surface area contributed by atoms with Crippen LogP contribution in [0.15, 0.2) is 47.6 Å². The molecule has 2 N–H and O–H groups in total. The third kappa shape index (κ3) is 4.86. The fourth-order valence-corrected chi connectivity index (χ4v) is 6.32. The van der Waals surface area contributed by atoms with Crippen molar-refractivity contribution in [1.29, 1.82) is 0 Å². The molecule has 3 aliphatic rings. The van der Waals surface area contributed by atoms with Gasteiger partial charge in [0.25, 0.3) is 0 Å². The van der Waals surface area contributed by atoms with Gasteiger partial charge in [-0.3, -0.25) is 0 Å². The summed E-state index contributed by atoms with van der Waals surface area (Å²) in [6, 6.07) is 0. The van der Waals surface area contributed by atoms with E-state index in [-0.39, 0.29) is 0 Å². The van der Waals surface area contributed by atoms with Crippen LogP contribution in [0, 0.1) is 35.0 Å². The summed E-state index contributed by atoms with van der Waals surface area (Å²) in [5, 5.41) is 20.2. The molecule has 0 aromatic heterocycles. The summed E-state index contributed by atoms with van der Waals surface area (Å²) in [7, 11) is 0. The van der Waals surface area contributed by atoms with Gasteiger partial charge in [0.1, 0.15) is 0 Å². The van der Waals surface area contributed by atoms with Crippen molar-refractivity contribution in [2.45, 2.75) is 91.8 Å². The Labute approximate surface area is 184 Å². The first kappa shape index (κ1) is 23.5. The smallest absolute Gasteiger partial charge is 0.0811 e. The van der Waals surface area contributed by atoms with Crippen LogP contribution in [0.3, 0.4) is 0 Å². The molecule has 0 radical (unpaired) electrons. The molecule has 2 heteroatoms. The molecule has 168 valence electrons. The Morgan fingerprint density at radius 2 is 1.80 bits per heavy atom. The number of aliphatic hydroxyl groups excluding tert-OH is 2. The van der Waals surface area contributed by atoms with Gasteiger partial charge in [0.05, 0.1) is 12.2 Å². The van der Waals surface area contributed by atoms with E-state index in [9.17, 15) is 10.2 Å². The quantitative estimate of drug-likeness (QED) is 0.499. The van der Waals surface area contributed by atoms with Gasteiger partial charge < -0.3 is 10.2 Å². The first-order chi connectivity index (χ1) is 14.1. The highest BCUT2D eigenvalue weighted by atomic mass is 16.3. The van der Waals surface area contributed by atoms with Crippen LogP contribution in [0.5, 0.6) is 0 Å². The number of allylic oxidation sites excluding steroid dienone is 5. The Morgan fingerprint density at radius 1 is 1.07 bits per heavy atom. The molecule has 3 saturated carbocycles. The third-order valence-electron chi connectivity index (χ3n) is 8.71. The molecule has 0 saturated heterocycles. The molecule has 0 spiro atoms. The maximum absolute atomic E-state index is 10.1. The van der Waals surface area contributed by atoms with Gasteiger partial charge in [-0.15, -0.1) is 0 Å². The summed E-state index contributed by atoms with van der Waals surface area (Å²) in [6.07, 6.45) is 15.8. The minimum absolute atomic E-state index is 0.385. The molecule has 3 fully saturated rings. The molecule has 0 unspecified atom stereocenters. The van der Waals surface area contributed by atoms with Gasteiger partial charge in [-0.1, -0.05) is 71.1 Å². The lowest BCUT2D eigenvalue weighted by Gasteiger charge is -2.44. The number of aliphatic hydroxyl groups is 2. The summed E-state index contributed by atoms with van der Waals surface area (Å²) >= 11 is 0. The van der Waals surface area contributed by atoms with Gasteiger partial charge in [0.2, 0.25) is 0 Å². The number of hydrogen-bond acceptors (Lipinski definition) is 2. The molecule has 0 aromatic rings. The highest BCUT2D eigenvalue weighted by Crippen LogP contribution is 2.59. The van der Waals surface area contributed by atoms with E-state index in [1.54, 1.807) is 5.57 Å². The van der Waals surface area contributed by atoms with E-state index < -0.39 is 12.2 Å². The molecule has 0 amide bonds. The largest absolute Gasteiger partial charge is 0.393 e. The predicted octanol–water partition coefficient (Wildman–Crippen LogP) is 6.61. The maximum atomic E-state index is 10.1. The van der Waals surface area contributed by atoms with Crippen LogP contribution in [0.4, 0.5) is 0 Å². The van der Waals surface area contributed by atoms with Crippen molar-refractivity contribution < 1.29 is 10.2 Å². The highest BCUT2D eigenvalue weighted by molar-refractivity contribution is 5.38. The predicted molar refractivity (Wildman–Crippen MR) is 127 cm³/mol. The fraction of sp³-hybridized carbons (Fsp3) is 0.714. The van der Waals surface area contributed by atoms with Crippen LogP contribution in [0.2, 0.25) is 0 Å². The Balaban J connectivity index is 1.76. The molecule has 0 bridgehead atoms. The van der Waals surface area contributed by atoms with Gasteiger partial charge in [-0.05, 0) is 84.7 Å². The number of hydrogen-bond donors (Lipinski definition) is 2. The van der Waals surface area contributed by atoms with Crippen LogP contribution in [-0.2, 0) is 0 Å². The molecule has 0 aliphatic heterocycles. The van der Waals surface area contributed by atoms with E-state index in [1.165, 1.54) is 32.1 Å². The maximum Gasteiger partial charge on any atom is 0.0811 e. The highest BCUT2D eigenvalue weighted by Gasteiger charge is 2.50. The molecule has 0 heterocycles. The molecular formula is C28H44O2. The van der Waals surface area contributed by atoms with Crippen LogP contribution >= 0.6 is 0 Å². The molecule has 3 rings (SSSR count). The van der Waals surface area contributed by atoms with Crippen molar-refractivity contribution in [2.24, 2.45) is 35.0 Å². The van der Waals surface area contributed by atoms with Crippen LogP contribution in [0.1, 0.15) is 79.6 Å². The SMILES string of the molecule is C=C1C(=CC=C2CCC[C@]3(C)[C@@H]([C@H](C)C=C[C@H](C)C(C)C)CC[C@@H]23)C[C@H](O)C[C@@H]1O. The zero-order valence-electron chi connectivity index (χ0n) is 19.9. The van der Waals surface area contributed by atoms with Crippen molar-refractivity contribution in [3.63, 3.8) is 0 Å². The number of rotatable bonds is 5. The zero-order chi connectivity index (χ0) is 22.1. The van der Waals surface area contributed by atoms with Gasteiger partial charge >= 0.3 is 0 Å². The molecule has 3 aliphatic carbocycles. The van der Waals surface area contributed by atoms with Crippen molar-refractivity contribution in [2.75, 3.05) is 0 Å². The molecule has 2 nitrogen and oxygen atoms in total. The molecule has 7 atom stereocenters. The lowest BCUT2D eigenvalue weighted by molar-refractivity contribution is 0.0862. The Morgan fingerprint density at radius 3 is 2.50 bits per heavy atom. The Hall–Kier alpha value is -1.12. The average Bonchev–Trinajstić information content (AvgIpc) is 3.04.